The summed E-state index contributed by atoms with van der Waals surface area (Å²) in [6.07, 6.45) is 0.344. The quantitative estimate of drug-likeness (QED) is 0.657. The Kier molecular flexibility index (Phi) is 5.67. The zero-order chi connectivity index (χ0) is 20.2. The first-order chi connectivity index (χ1) is 14.1. The van der Waals surface area contributed by atoms with Gasteiger partial charge >= 0.3 is 0 Å². The normalized spacial score (nSPS) is 16.1. The molecular weight excluding hydrogens is 380 g/mol. The lowest BCUT2D eigenvalue weighted by atomic mass is 10.1. The fourth-order valence-electron chi connectivity index (χ4n) is 3.37. The number of nitrogens with one attached hydrogen (secondary N) is 1. The maximum Gasteiger partial charge on any atom is 0.238 e. The van der Waals surface area contributed by atoms with Gasteiger partial charge in [-0.05, 0) is 42.3 Å². The maximum atomic E-state index is 12.5. The van der Waals surface area contributed by atoms with E-state index in [4.69, 9.17) is 0 Å². The van der Waals surface area contributed by atoms with Crippen molar-refractivity contribution in [1.29, 1.82) is 0 Å². The zero-order valence-electron chi connectivity index (χ0n) is 16.2. The Hall–Kier alpha value is -3.05. The molecule has 0 spiro atoms. The summed E-state index contributed by atoms with van der Waals surface area (Å²) in [4.78, 5) is 26.6. The molecule has 1 fully saturated rings. The SMILES string of the molecule is Cc1ccc(N2C(=O)CSC2c2ccc(NC(=O)Cc3ccccc3)cc2)cc1. The predicted molar refractivity (Wildman–Crippen MR) is 119 cm³/mol. The first-order valence-corrected chi connectivity index (χ1v) is 10.6. The van der Waals surface area contributed by atoms with E-state index in [1.54, 1.807) is 11.8 Å². The predicted octanol–water partition coefficient (Wildman–Crippen LogP) is 4.95. The molecule has 0 saturated carbocycles. The number of nitrogens with zero attached hydrogens (tertiary/aromatic N) is 1. The number of rotatable bonds is 5. The molecule has 29 heavy (non-hydrogen) atoms. The van der Waals surface area contributed by atoms with Gasteiger partial charge < -0.3 is 5.32 Å². The Morgan fingerprint density at radius 3 is 2.38 bits per heavy atom. The molecule has 1 atom stereocenters. The highest BCUT2D eigenvalue weighted by Gasteiger charge is 2.33. The Balaban J connectivity index is 1.46. The van der Waals surface area contributed by atoms with Crippen molar-refractivity contribution in [1.82, 2.24) is 0 Å². The van der Waals surface area contributed by atoms with Crippen molar-refractivity contribution in [3.05, 3.63) is 95.6 Å². The van der Waals surface area contributed by atoms with Gasteiger partial charge in [0.2, 0.25) is 11.8 Å². The number of aryl methyl sites for hydroxylation is 1. The van der Waals surface area contributed by atoms with Gasteiger partial charge in [-0.2, -0.15) is 0 Å². The molecule has 1 unspecified atom stereocenters. The lowest BCUT2D eigenvalue weighted by Crippen LogP contribution is -2.27. The maximum absolute atomic E-state index is 12.5. The number of carbonyl (C=O) groups excluding carboxylic acids is 2. The first kappa shape index (κ1) is 19.3. The summed E-state index contributed by atoms with van der Waals surface area (Å²) in [6.45, 7) is 2.03. The molecule has 1 saturated heterocycles. The van der Waals surface area contributed by atoms with Crippen molar-refractivity contribution < 1.29 is 9.59 Å². The minimum Gasteiger partial charge on any atom is -0.326 e. The van der Waals surface area contributed by atoms with Gasteiger partial charge in [-0.3, -0.25) is 14.5 Å². The van der Waals surface area contributed by atoms with Crippen molar-refractivity contribution in [2.45, 2.75) is 18.7 Å². The van der Waals surface area contributed by atoms with Crippen LogP contribution in [0.25, 0.3) is 0 Å². The van der Waals surface area contributed by atoms with E-state index in [0.29, 0.717) is 12.2 Å². The van der Waals surface area contributed by atoms with Crippen LogP contribution in [0.1, 0.15) is 22.1 Å². The Morgan fingerprint density at radius 1 is 1.00 bits per heavy atom. The molecule has 5 heteroatoms. The molecule has 0 aliphatic carbocycles. The Labute approximate surface area is 174 Å². The summed E-state index contributed by atoms with van der Waals surface area (Å²) in [5, 5.41) is 2.88. The molecule has 1 aliphatic heterocycles. The van der Waals surface area contributed by atoms with Crippen LogP contribution < -0.4 is 10.2 Å². The summed E-state index contributed by atoms with van der Waals surface area (Å²) in [5.41, 5.74) is 4.86. The standard InChI is InChI=1S/C24H22N2O2S/c1-17-7-13-21(14-8-17)26-23(28)16-29-24(26)19-9-11-20(12-10-19)25-22(27)15-18-5-3-2-4-6-18/h2-14,24H,15-16H2,1H3,(H,25,27). The number of anilines is 2. The van der Waals surface area contributed by atoms with E-state index in [1.165, 1.54) is 5.56 Å². The second-order valence-electron chi connectivity index (χ2n) is 7.10. The monoisotopic (exact) mass is 402 g/mol. The van der Waals surface area contributed by atoms with Crippen LogP contribution in [0.15, 0.2) is 78.9 Å². The molecule has 1 N–H and O–H groups in total. The lowest BCUT2D eigenvalue weighted by Gasteiger charge is -2.24. The molecule has 1 heterocycles. The summed E-state index contributed by atoms with van der Waals surface area (Å²) < 4.78 is 0. The number of thioether (sulfide) groups is 1. The van der Waals surface area contributed by atoms with Crippen LogP contribution in [-0.2, 0) is 16.0 Å². The van der Waals surface area contributed by atoms with Gasteiger partial charge in [0.25, 0.3) is 0 Å². The van der Waals surface area contributed by atoms with Crippen molar-refractivity contribution >= 4 is 35.0 Å². The molecule has 2 amide bonds. The van der Waals surface area contributed by atoms with E-state index in [0.717, 1.165) is 22.5 Å². The largest absolute Gasteiger partial charge is 0.326 e. The van der Waals surface area contributed by atoms with Crippen molar-refractivity contribution in [3.63, 3.8) is 0 Å². The van der Waals surface area contributed by atoms with Crippen molar-refractivity contribution in [2.75, 3.05) is 16.0 Å². The molecule has 1 aliphatic rings. The number of hydrogen-bond donors (Lipinski definition) is 1. The molecular formula is C24H22N2O2S. The van der Waals surface area contributed by atoms with Crippen LogP contribution in [0.3, 0.4) is 0 Å². The Morgan fingerprint density at radius 2 is 1.69 bits per heavy atom. The smallest absolute Gasteiger partial charge is 0.238 e. The highest BCUT2D eigenvalue weighted by atomic mass is 32.2. The van der Waals surface area contributed by atoms with Gasteiger partial charge in [-0.25, -0.2) is 0 Å². The van der Waals surface area contributed by atoms with Crippen LogP contribution in [0.4, 0.5) is 11.4 Å². The molecule has 4 rings (SSSR count). The van der Waals surface area contributed by atoms with Crippen LogP contribution in [0.5, 0.6) is 0 Å². The van der Waals surface area contributed by atoms with Gasteiger partial charge in [-0.1, -0.05) is 60.2 Å². The van der Waals surface area contributed by atoms with Crippen LogP contribution >= 0.6 is 11.8 Å². The molecule has 146 valence electrons. The second-order valence-corrected chi connectivity index (χ2v) is 8.16. The number of benzene rings is 3. The fourth-order valence-corrected chi connectivity index (χ4v) is 4.55. The van der Waals surface area contributed by atoms with Crippen LogP contribution in [-0.4, -0.2) is 17.6 Å². The van der Waals surface area contributed by atoms with Crippen LogP contribution in [0, 0.1) is 6.92 Å². The van der Waals surface area contributed by atoms with Gasteiger partial charge in [0, 0.05) is 11.4 Å². The zero-order valence-corrected chi connectivity index (χ0v) is 17.0. The first-order valence-electron chi connectivity index (χ1n) is 9.54. The summed E-state index contributed by atoms with van der Waals surface area (Å²) in [6, 6.07) is 25.5. The average Bonchev–Trinajstić information content (AvgIpc) is 3.11. The molecule has 0 bridgehead atoms. The third kappa shape index (κ3) is 4.51. The summed E-state index contributed by atoms with van der Waals surface area (Å²) in [7, 11) is 0. The number of amides is 2. The van der Waals surface area contributed by atoms with E-state index < -0.39 is 0 Å². The fraction of sp³-hybridized carbons (Fsp3) is 0.167. The highest BCUT2D eigenvalue weighted by Crippen LogP contribution is 2.41. The molecule has 3 aromatic carbocycles. The van der Waals surface area contributed by atoms with Crippen molar-refractivity contribution in [3.8, 4) is 0 Å². The molecule has 4 nitrogen and oxygen atoms in total. The van der Waals surface area contributed by atoms with Gasteiger partial charge in [-0.15, -0.1) is 11.8 Å². The highest BCUT2D eigenvalue weighted by molar-refractivity contribution is 8.00. The molecule has 0 radical (unpaired) electrons. The summed E-state index contributed by atoms with van der Waals surface area (Å²) in [5.74, 6) is 0.536. The van der Waals surface area contributed by atoms with Gasteiger partial charge in [0.1, 0.15) is 5.37 Å². The van der Waals surface area contributed by atoms with E-state index in [-0.39, 0.29) is 17.2 Å². The third-order valence-electron chi connectivity index (χ3n) is 4.87. The van der Waals surface area contributed by atoms with Crippen molar-refractivity contribution in [2.24, 2.45) is 0 Å². The van der Waals surface area contributed by atoms with Gasteiger partial charge in [0.15, 0.2) is 0 Å². The van der Waals surface area contributed by atoms with Crippen LogP contribution in [0.2, 0.25) is 0 Å². The topological polar surface area (TPSA) is 49.4 Å². The lowest BCUT2D eigenvalue weighted by molar-refractivity contribution is -0.116. The Bertz CT molecular complexity index is 1000. The van der Waals surface area contributed by atoms with E-state index in [9.17, 15) is 9.59 Å². The average molecular weight is 403 g/mol. The van der Waals surface area contributed by atoms with E-state index in [1.807, 2.05) is 90.7 Å². The summed E-state index contributed by atoms with van der Waals surface area (Å²) >= 11 is 1.62. The third-order valence-corrected chi connectivity index (χ3v) is 6.08. The minimum absolute atomic E-state index is 0.0457. The van der Waals surface area contributed by atoms with E-state index in [2.05, 4.69) is 5.32 Å². The number of carbonyl (C=O) groups is 2. The molecule has 3 aromatic rings. The molecule has 0 aromatic heterocycles. The minimum atomic E-state index is -0.0562. The second kappa shape index (κ2) is 8.53. The van der Waals surface area contributed by atoms with Gasteiger partial charge in [0.05, 0.1) is 12.2 Å². The number of hydrogen-bond acceptors (Lipinski definition) is 3. The van der Waals surface area contributed by atoms with E-state index >= 15 is 0 Å².